The molecule has 3 heteroatoms. The van der Waals surface area contributed by atoms with Gasteiger partial charge in [0.15, 0.2) is 0 Å². The van der Waals surface area contributed by atoms with Crippen molar-refractivity contribution in [2.24, 2.45) is 0 Å². The molecule has 0 atom stereocenters. The zero-order chi connectivity index (χ0) is 42.0. The number of rotatable bonds is 10. The number of fused-ring (bicyclic) bond motifs is 3. The average Bonchev–Trinajstić information content (AvgIpc) is 3.74. The lowest BCUT2D eigenvalue weighted by molar-refractivity contribution is 1.28. The van der Waals surface area contributed by atoms with E-state index in [2.05, 4.69) is 265 Å². The second-order valence-corrected chi connectivity index (χ2v) is 16.8. The monoisotopic (exact) mass is 822 g/mol. The van der Waals surface area contributed by atoms with Gasteiger partial charge in [-0.2, -0.15) is 0 Å². The lowest BCUT2D eigenvalue weighted by atomic mass is 9.99. The van der Waals surface area contributed by atoms with Gasteiger partial charge in [0.25, 0.3) is 0 Å². The van der Waals surface area contributed by atoms with Crippen LogP contribution in [-0.2, 0) is 0 Å². The van der Waals surface area contributed by atoms with Crippen molar-refractivity contribution in [2.75, 3.05) is 9.80 Å². The molecule has 0 N–H and O–H groups in total. The Labute approximate surface area is 372 Å². The standard InChI is InChI=1S/C60H42N2S/c1-4-15-43(16-5-1)46-27-33-50(34-28-46)61(54-39-40-57-56-24-11-13-26-59(56)63-60(57)42-54)53-22-14-21-49(41-53)55-23-10-12-25-58(55)62(51-35-29-47(30-36-51)44-17-6-2-7-18-44)52-37-31-48(32-38-52)45-19-8-3-9-20-45/h1-42H. The highest BCUT2D eigenvalue weighted by Crippen LogP contribution is 2.45. The van der Waals surface area contributed by atoms with E-state index in [0.29, 0.717) is 0 Å². The summed E-state index contributed by atoms with van der Waals surface area (Å²) in [5.74, 6) is 0. The van der Waals surface area contributed by atoms with E-state index < -0.39 is 0 Å². The molecule has 63 heavy (non-hydrogen) atoms. The largest absolute Gasteiger partial charge is 0.310 e. The van der Waals surface area contributed by atoms with E-state index in [1.807, 2.05) is 11.3 Å². The Bertz CT molecular complexity index is 3220. The molecule has 0 unspecified atom stereocenters. The van der Waals surface area contributed by atoms with E-state index in [0.717, 1.165) is 45.3 Å². The fourth-order valence-corrected chi connectivity index (χ4v) is 9.89. The molecule has 0 aliphatic rings. The summed E-state index contributed by atoms with van der Waals surface area (Å²) in [7, 11) is 0. The lowest BCUT2D eigenvalue weighted by Crippen LogP contribution is -2.12. The van der Waals surface area contributed by atoms with Crippen LogP contribution in [0.25, 0.3) is 64.7 Å². The molecule has 0 saturated carbocycles. The van der Waals surface area contributed by atoms with Gasteiger partial charge < -0.3 is 9.80 Å². The minimum absolute atomic E-state index is 1.08. The summed E-state index contributed by atoms with van der Waals surface area (Å²) >= 11 is 1.85. The van der Waals surface area contributed by atoms with Crippen LogP contribution >= 0.6 is 11.3 Å². The number of hydrogen-bond donors (Lipinski definition) is 0. The van der Waals surface area contributed by atoms with Crippen molar-refractivity contribution in [2.45, 2.75) is 0 Å². The van der Waals surface area contributed by atoms with Crippen LogP contribution < -0.4 is 9.80 Å². The molecule has 0 aliphatic heterocycles. The van der Waals surface area contributed by atoms with E-state index in [1.54, 1.807) is 0 Å². The molecule has 0 saturated heterocycles. The van der Waals surface area contributed by atoms with E-state index in [1.165, 1.54) is 53.6 Å². The van der Waals surface area contributed by atoms with Crippen LogP contribution in [-0.4, -0.2) is 0 Å². The van der Waals surface area contributed by atoms with Crippen molar-refractivity contribution >= 4 is 65.6 Å². The van der Waals surface area contributed by atoms with Gasteiger partial charge in [-0.15, -0.1) is 11.3 Å². The van der Waals surface area contributed by atoms with E-state index in [4.69, 9.17) is 0 Å². The maximum absolute atomic E-state index is 2.40. The summed E-state index contributed by atoms with van der Waals surface area (Å²) in [5, 5.41) is 2.59. The molecular weight excluding hydrogens is 781 g/mol. The number of para-hydroxylation sites is 1. The molecule has 0 spiro atoms. The summed E-state index contributed by atoms with van der Waals surface area (Å²) < 4.78 is 2.57. The van der Waals surface area contributed by atoms with E-state index in [-0.39, 0.29) is 0 Å². The number of anilines is 6. The van der Waals surface area contributed by atoms with Gasteiger partial charge in [-0.1, -0.05) is 182 Å². The summed E-state index contributed by atoms with van der Waals surface area (Å²) in [4.78, 5) is 4.79. The third-order valence-corrected chi connectivity index (χ3v) is 13.0. The van der Waals surface area contributed by atoms with Crippen molar-refractivity contribution in [3.63, 3.8) is 0 Å². The molecule has 11 rings (SSSR count). The van der Waals surface area contributed by atoms with Gasteiger partial charge in [0.1, 0.15) is 0 Å². The third-order valence-electron chi connectivity index (χ3n) is 11.9. The minimum Gasteiger partial charge on any atom is -0.310 e. The number of hydrogen-bond acceptors (Lipinski definition) is 3. The highest BCUT2D eigenvalue weighted by molar-refractivity contribution is 7.25. The summed E-state index contributed by atoms with van der Waals surface area (Å²) in [6.07, 6.45) is 0. The molecule has 1 heterocycles. The predicted molar refractivity (Wildman–Crippen MR) is 270 cm³/mol. The van der Waals surface area contributed by atoms with Crippen molar-refractivity contribution < 1.29 is 0 Å². The first-order chi connectivity index (χ1) is 31.2. The summed E-state index contributed by atoms with van der Waals surface area (Å²) in [6.45, 7) is 0. The van der Waals surface area contributed by atoms with Crippen LogP contribution in [0.4, 0.5) is 34.1 Å². The molecule has 10 aromatic carbocycles. The van der Waals surface area contributed by atoms with Gasteiger partial charge in [-0.3, -0.25) is 0 Å². The highest BCUT2D eigenvalue weighted by Gasteiger charge is 2.20. The number of thiophene rings is 1. The van der Waals surface area contributed by atoms with Crippen LogP contribution in [0.1, 0.15) is 0 Å². The Kier molecular flexibility index (Phi) is 10.1. The Morgan fingerprint density at radius 1 is 0.238 bits per heavy atom. The quantitative estimate of drug-likeness (QED) is 0.136. The van der Waals surface area contributed by atoms with E-state index >= 15 is 0 Å². The maximum Gasteiger partial charge on any atom is 0.0540 e. The lowest BCUT2D eigenvalue weighted by Gasteiger charge is -2.29. The van der Waals surface area contributed by atoms with Gasteiger partial charge in [-0.05, 0) is 112 Å². The number of benzene rings is 10. The molecule has 0 radical (unpaired) electrons. The topological polar surface area (TPSA) is 6.48 Å². The maximum atomic E-state index is 2.40. The van der Waals surface area contributed by atoms with Gasteiger partial charge in [0, 0.05) is 54.2 Å². The first kappa shape index (κ1) is 38.0. The normalized spacial score (nSPS) is 11.2. The van der Waals surface area contributed by atoms with Crippen molar-refractivity contribution in [3.8, 4) is 44.5 Å². The van der Waals surface area contributed by atoms with Gasteiger partial charge in [-0.25, -0.2) is 0 Å². The molecule has 11 aromatic rings. The fourth-order valence-electron chi connectivity index (χ4n) is 8.75. The second-order valence-electron chi connectivity index (χ2n) is 15.8. The zero-order valence-corrected chi connectivity index (χ0v) is 35.4. The van der Waals surface area contributed by atoms with Crippen molar-refractivity contribution in [1.82, 2.24) is 0 Å². The van der Waals surface area contributed by atoms with Crippen LogP contribution in [0.15, 0.2) is 255 Å². The highest BCUT2D eigenvalue weighted by atomic mass is 32.1. The molecule has 298 valence electrons. The Morgan fingerprint density at radius 2 is 0.651 bits per heavy atom. The van der Waals surface area contributed by atoms with Crippen molar-refractivity contribution in [3.05, 3.63) is 255 Å². The van der Waals surface area contributed by atoms with E-state index in [9.17, 15) is 0 Å². The van der Waals surface area contributed by atoms with Crippen LogP contribution in [0.5, 0.6) is 0 Å². The zero-order valence-electron chi connectivity index (χ0n) is 34.6. The van der Waals surface area contributed by atoms with Gasteiger partial charge in [0.05, 0.1) is 5.69 Å². The van der Waals surface area contributed by atoms with Crippen LogP contribution in [0.2, 0.25) is 0 Å². The molecule has 0 fully saturated rings. The van der Waals surface area contributed by atoms with Gasteiger partial charge in [0.2, 0.25) is 0 Å². The second kappa shape index (κ2) is 16.8. The Hall–Kier alpha value is -7.98. The Morgan fingerprint density at radius 3 is 1.22 bits per heavy atom. The molecule has 0 aliphatic carbocycles. The van der Waals surface area contributed by atoms with Crippen molar-refractivity contribution in [1.29, 1.82) is 0 Å². The first-order valence-corrected chi connectivity index (χ1v) is 22.2. The SMILES string of the molecule is c1ccc(-c2ccc(N(c3cccc(-c4ccccc4N(c4ccc(-c5ccccc5)cc4)c4ccc(-c5ccccc5)cc4)c3)c3ccc4c(c3)sc3ccccc34)cc2)cc1. The van der Waals surface area contributed by atoms with Gasteiger partial charge >= 0.3 is 0 Å². The summed E-state index contributed by atoms with van der Waals surface area (Å²) in [5.41, 5.74) is 16.0. The predicted octanol–water partition coefficient (Wildman–Crippen LogP) is 17.7. The molecule has 2 nitrogen and oxygen atoms in total. The molecule has 0 amide bonds. The molecule has 0 bridgehead atoms. The molecular formula is C60H42N2S. The number of nitrogens with zero attached hydrogens (tertiary/aromatic N) is 2. The smallest absolute Gasteiger partial charge is 0.0540 e. The van der Waals surface area contributed by atoms with Crippen LogP contribution in [0, 0.1) is 0 Å². The fraction of sp³-hybridized carbons (Fsp3) is 0. The Balaban J connectivity index is 1.03. The summed E-state index contributed by atoms with van der Waals surface area (Å²) in [6, 6.07) is 92.0. The average molecular weight is 823 g/mol. The minimum atomic E-state index is 1.08. The first-order valence-electron chi connectivity index (χ1n) is 21.4. The van der Waals surface area contributed by atoms with Crippen LogP contribution in [0.3, 0.4) is 0 Å². The third kappa shape index (κ3) is 7.56. The molecule has 1 aromatic heterocycles.